The predicted molar refractivity (Wildman–Crippen MR) is 78.0 cm³/mol. The molecule has 2 heterocycles. The third kappa shape index (κ3) is 3.50. The van der Waals surface area contributed by atoms with Gasteiger partial charge in [-0.25, -0.2) is 8.42 Å². The molecule has 1 atom stereocenters. The number of aryl methyl sites for hydroxylation is 1. The van der Waals surface area contributed by atoms with Crippen LogP contribution in [-0.2, 0) is 26.6 Å². The highest BCUT2D eigenvalue weighted by atomic mass is 32.2. The van der Waals surface area contributed by atoms with Gasteiger partial charge in [-0.15, -0.1) is 0 Å². The molecule has 10 nitrogen and oxygen atoms in total. The number of nitro groups is 1. The minimum absolute atomic E-state index is 0.0484. The summed E-state index contributed by atoms with van der Waals surface area (Å²) in [6.07, 6.45) is 2.11. The Kier molecular flexibility index (Phi) is 5.00. The summed E-state index contributed by atoms with van der Waals surface area (Å²) in [4.78, 5) is 21.5. The molecule has 1 aromatic heterocycles. The smallest absolute Gasteiger partial charge is 0.410 e. The fourth-order valence-corrected chi connectivity index (χ4v) is 4.17. The standard InChI is InChI=1S/C12H18N4O6S/c1-3-22-12(17)9-5-4-6-15(7-9)23(20,21)10-8-14(2)13-11(10)16(18)19/h8-9H,3-7H2,1-2H3/t9-/m0/s1. The maximum absolute atomic E-state index is 12.7. The molecular weight excluding hydrogens is 328 g/mol. The molecule has 0 N–H and O–H groups in total. The second kappa shape index (κ2) is 6.62. The summed E-state index contributed by atoms with van der Waals surface area (Å²) in [5.41, 5.74) is 0. The molecule has 0 spiro atoms. The average molecular weight is 346 g/mol. The third-order valence-corrected chi connectivity index (χ3v) is 5.43. The van der Waals surface area contributed by atoms with Gasteiger partial charge in [-0.05, 0) is 24.7 Å². The Morgan fingerprint density at radius 2 is 2.26 bits per heavy atom. The Morgan fingerprint density at radius 3 is 2.87 bits per heavy atom. The predicted octanol–water partition coefficient (Wildman–Crippen LogP) is 0.292. The molecule has 0 saturated carbocycles. The number of hydrogen-bond acceptors (Lipinski definition) is 7. The SMILES string of the molecule is CCOC(=O)[C@H]1CCCN(S(=O)(=O)c2cn(C)nc2[N+](=O)[O-])C1. The van der Waals surface area contributed by atoms with E-state index in [-0.39, 0.29) is 19.7 Å². The van der Waals surface area contributed by atoms with Gasteiger partial charge in [-0.2, -0.15) is 8.99 Å². The van der Waals surface area contributed by atoms with Crippen molar-refractivity contribution in [1.82, 2.24) is 14.1 Å². The van der Waals surface area contributed by atoms with Crippen molar-refractivity contribution in [2.24, 2.45) is 13.0 Å². The van der Waals surface area contributed by atoms with Gasteiger partial charge >= 0.3 is 11.8 Å². The van der Waals surface area contributed by atoms with Crippen molar-refractivity contribution >= 4 is 21.8 Å². The molecule has 0 aromatic carbocycles. The Morgan fingerprint density at radius 1 is 1.57 bits per heavy atom. The number of esters is 1. The van der Waals surface area contributed by atoms with Gasteiger partial charge < -0.3 is 14.9 Å². The molecule has 0 aliphatic carbocycles. The van der Waals surface area contributed by atoms with E-state index in [1.165, 1.54) is 7.05 Å². The topological polar surface area (TPSA) is 125 Å². The maximum atomic E-state index is 12.7. The monoisotopic (exact) mass is 346 g/mol. The van der Waals surface area contributed by atoms with Gasteiger partial charge in [0.05, 0.1) is 30.9 Å². The molecule has 23 heavy (non-hydrogen) atoms. The lowest BCUT2D eigenvalue weighted by Gasteiger charge is -2.30. The van der Waals surface area contributed by atoms with E-state index in [4.69, 9.17) is 4.74 Å². The zero-order valence-corrected chi connectivity index (χ0v) is 13.7. The Balaban J connectivity index is 2.29. The lowest BCUT2D eigenvalue weighted by molar-refractivity contribution is -0.392. The summed E-state index contributed by atoms with van der Waals surface area (Å²) in [6, 6.07) is 0. The molecule has 1 aliphatic heterocycles. The summed E-state index contributed by atoms with van der Waals surface area (Å²) >= 11 is 0. The van der Waals surface area contributed by atoms with E-state index in [0.717, 1.165) is 15.2 Å². The molecule has 0 amide bonds. The van der Waals surface area contributed by atoms with Gasteiger partial charge in [0.2, 0.25) is 4.90 Å². The summed E-state index contributed by atoms with van der Waals surface area (Å²) < 4.78 is 32.4. The summed E-state index contributed by atoms with van der Waals surface area (Å²) in [6.45, 7) is 2.04. The molecular formula is C12H18N4O6S. The van der Waals surface area contributed by atoms with Crippen LogP contribution in [0.3, 0.4) is 0 Å². The van der Waals surface area contributed by atoms with Crippen LogP contribution in [0.25, 0.3) is 0 Å². The number of aromatic nitrogens is 2. The number of piperidine rings is 1. The largest absolute Gasteiger partial charge is 0.466 e. The van der Waals surface area contributed by atoms with E-state index >= 15 is 0 Å². The highest BCUT2D eigenvalue weighted by molar-refractivity contribution is 7.89. The van der Waals surface area contributed by atoms with Crippen molar-refractivity contribution in [3.63, 3.8) is 0 Å². The minimum atomic E-state index is -4.10. The molecule has 1 saturated heterocycles. The first kappa shape index (κ1) is 17.3. The van der Waals surface area contributed by atoms with Crippen LogP contribution in [0.5, 0.6) is 0 Å². The van der Waals surface area contributed by atoms with E-state index in [1.807, 2.05) is 0 Å². The molecule has 1 aliphatic rings. The van der Waals surface area contributed by atoms with Gasteiger partial charge in [0.25, 0.3) is 10.0 Å². The molecule has 0 bridgehead atoms. The Hall–Kier alpha value is -2.01. The van der Waals surface area contributed by atoms with Crippen molar-refractivity contribution in [3.05, 3.63) is 16.3 Å². The lowest BCUT2D eigenvalue weighted by atomic mass is 10.0. The van der Waals surface area contributed by atoms with Crippen LogP contribution in [0.15, 0.2) is 11.1 Å². The third-order valence-electron chi connectivity index (χ3n) is 3.57. The van der Waals surface area contributed by atoms with Crippen LogP contribution in [0.1, 0.15) is 19.8 Å². The minimum Gasteiger partial charge on any atom is -0.466 e. The van der Waals surface area contributed by atoms with E-state index in [2.05, 4.69) is 5.10 Å². The van der Waals surface area contributed by atoms with Gasteiger partial charge in [0, 0.05) is 13.1 Å². The van der Waals surface area contributed by atoms with Gasteiger partial charge in [0.15, 0.2) is 0 Å². The van der Waals surface area contributed by atoms with E-state index in [1.54, 1.807) is 6.92 Å². The van der Waals surface area contributed by atoms with E-state index in [0.29, 0.717) is 12.8 Å². The fraction of sp³-hybridized carbons (Fsp3) is 0.667. The molecule has 0 unspecified atom stereocenters. The van der Waals surface area contributed by atoms with Crippen molar-refractivity contribution in [2.75, 3.05) is 19.7 Å². The Bertz CT molecular complexity index is 713. The number of hydrogen-bond donors (Lipinski definition) is 0. The number of rotatable bonds is 5. The van der Waals surface area contributed by atoms with Crippen molar-refractivity contribution < 1.29 is 22.9 Å². The van der Waals surface area contributed by atoms with Crippen LogP contribution >= 0.6 is 0 Å². The second-order valence-electron chi connectivity index (χ2n) is 5.20. The van der Waals surface area contributed by atoms with E-state index in [9.17, 15) is 23.3 Å². The average Bonchev–Trinajstić information content (AvgIpc) is 2.91. The van der Waals surface area contributed by atoms with Crippen molar-refractivity contribution in [2.45, 2.75) is 24.7 Å². The summed E-state index contributed by atoms with van der Waals surface area (Å²) in [5, 5.41) is 14.6. The number of carbonyl (C=O) groups is 1. The second-order valence-corrected chi connectivity index (χ2v) is 7.11. The van der Waals surface area contributed by atoms with Crippen LogP contribution in [0, 0.1) is 16.0 Å². The van der Waals surface area contributed by atoms with Crippen molar-refractivity contribution in [3.8, 4) is 0 Å². The van der Waals surface area contributed by atoms with Gasteiger partial charge in [-0.1, -0.05) is 0 Å². The maximum Gasteiger partial charge on any atom is 0.410 e. The van der Waals surface area contributed by atoms with Gasteiger partial charge in [-0.3, -0.25) is 4.79 Å². The molecule has 11 heteroatoms. The number of ether oxygens (including phenoxy) is 1. The van der Waals surface area contributed by atoms with Crippen molar-refractivity contribution in [1.29, 1.82) is 0 Å². The first-order valence-electron chi connectivity index (χ1n) is 7.12. The normalized spacial score (nSPS) is 19.5. The Labute approximate surface area is 133 Å². The van der Waals surface area contributed by atoms with Gasteiger partial charge in [0.1, 0.15) is 0 Å². The van der Waals surface area contributed by atoms with Crippen LogP contribution < -0.4 is 0 Å². The quantitative estimate of drug-likeness (QED) is 0.426. The molecule has 1 fully saturated rings. The van der Waals surface area contributed by atoms with Crippen LogP contribution in [0.4, 0.5) is 5.82 Å². The number of carbonyl (C=O) groups excluding carboxylic acids is 1. The molecule has 0 radical (unpaired) electrons. The molecule has 2 rings (SSSR count). The molecule has 128 valence electrons. The first-order valence-corrected chi connectivity index (χ1v) is 8.56. The molecule has 1 aromatic rings. The number of nitrogens with zero attached hydrogens (tertiary/aromatic N) is 4. The highest BCUT2D eigenvalue weighted by Crippen LogP contribution is 2.29. The van der Waals surface area contributed by atoms with Crippen LogP contribution in [0.2, 0.25) is 0 Å². The first-order chi connectivity index (χ1) is 10.8. The fourth-order valence-electron chi connectivity index (χ4n) is 2.52. The highest BCUT2D eigenvalue weighted by Gasteiger charge is 2.39. The lowest BCUT2D eigenvalue weighted by Crippen LogP contribution is -2.42. The zero-order valence-electron chi connectivity index (χ0n) is 12.8. The zero-order chi connectivity index (χ0) is 17.2. The summed E-state index contributed by atoms with van der Waals surface area (Å²) in [7, 11) is -2.69. The number of sulfonamides is 1. The van der Waals surface area contributed by atoms with E-state index < -0.39 is 37.5 Å². The summed E-state index contributed by atoms with van der Waals surface area (Å²) in [5.74, 6) is -1.73. The van der Waals surface area contributed by atoms with Crippen LogP contribution in [-0.4, -0.2) is 53.1 Å².